The SMILES string of the molecule is CN1C2CCCC23C(C=O)CC(C=O)C3[C@H]1CO[Si](C)(C)C(C)(C)C. The van der Waals surface area contributed by atoms with E-state index in [0.717, 1.165) is 31.8 Å². The maximum atomic E-state index is 11.9. The summed E-state index contributed by atoms with van der Waals surface area (Å²) >= 11 is 0. The third kappa shape index (κ3) is 2.69. The van der Waals surface area contributed by atoms with Crippen molar-refractivity contribution in [3.63, 3.8) is 0 Å². The maximum Gasteiger partial charge on any atom is 0.192 e. The molecule has 0 aromatic rings. The summed E-state index contributed by atoms with van der Waals surface area (Å²) < 4.78 is 6.57. The van der Waals surface area contributed by atoms with Gasteiger partial charge in [0.15, 0.2) is 8.32 Å². The Kier molecular flexibility index (Phi) is 4.83. The first-order valence-electron chi connectivity index (χ1n) is 9.86. The van der Waals surface area contributed by atoms with Gasteiger partial charge in [0.25, 0.3) is 0 Å². The van der Waals surface area contributed by atoms with E-state index in [9.17, 15) is 9.59 Å². The van der Waals surface area contributed by atoms with Crippen molar-refractivity contribution in [2.75, 3.05) is 13.7 Å². The minimum absolute atomic E-state index is 0.00812. The largest absolute Gasteiger partial charge is 0.415 e. The van der Waals surface area contributed by atoms with Gasteiger partial charge in [-0.3, -0.25) is 4.90 Å². The minimum Gasteiger partial charge on any atom is -0.415 e. The van der Waals surface area contributed by atoms with Crippen LogP contribution in [0.2, 0.25) is 18.1 Å². The topological polar surface area (TPSA) is 46.6 Å². The van der Waals surface area contributed by atoms with Crippen LogP contribution in [0, 0.1) is 23.2 Å². The number of carbonyl (C=O) groups is 2. The van der Waals surface area contributed by atoms with Gasteiger partial charge in [0.2, 0.25) is 0 Å². The fraction of sp³-hybridized carbons (Fsp3) is 0.900. The molecule has 4 nitrogen and oxygen atoms in total. The van der Waals surface area contributed by atoms with Crippen LogP contribution < -0.4 is 0 Å². The lowest BCUT2D eigenvalue weighted by Crippen LogP contribution is -2.47. The highest BCUT2D eigenvalue weighted by Gasteiger charge is 2.68. The Morgan fingerprint density at radius 2 is 1.92 bits per heavy atom. The zero-order valence-corrected chi connectivity index (χ0v) is 17.7. The zero-order chi connectivity index (χ0) is 18.6. The number of rotatable bonds is 5. The fourth-order valence-electron chi connectivity index (χ4n) is 5.93. The third-order valence-electron chi connectivity index (χ3n) is 8.20. The predicted octanol–water partition coefficient (Wildman–Crippen LogP) is 3.51. The summed E-state index contributed by atoms with van der Waals surface area (Å²) in [6, 6.07) is 0.699. The van der Waals surface area contributed by atoms with Gasteiger partial charge in [0.05, 0.1) is 0 Å². The Balaban J connectivity index is 1.88. The molecule has 25 heavy (non-hydrogen) atoms. The van der Waals surface area contributed by atoms with Crippen LogP contribution >= 0.6 is 0 Å². The maximum absolute atomic E-state index is 11.9. The summed E-state index contributed by atoms with van der Waals surface area (Å²) in [6.45, 7) is 12.1. The van der Waals surface area contributed by atoms with E-state index >= 15 is 0 Å². The molecule has 3 aliphatic rings. The molecule has 0 aromatic heterocycles. The van der Waals surface area contributed by atoms with E-state index in [4.69, 9.17) is 4.43 Å². The smallest absolute Gasteiger partial charge is 0.192 e. The molecule has 2 saturated carbocycles. The lowest BCUT2D eigenvalue weighted by atomic mass is 9.69. The molecular formula is C20H35NO3Si. The summed E-state index contributed by atoms with van der Waals surface area (Å²) in [7, 11) is 0.367. The van der Waals surface area contributed by atoms with E-state index in [1.54, 1.807) is 0 Å². The van der Waals surface area contributed by atoms with Crippen LogP contribution in [0.5, 0.6) is 0 Å². The summed E-state index contributed by atoms with van der Waals surface area (Å²) in [5.74, 6) is 0.330. The number of hydrogen-bond donors (Lipinski definition) is 0. The van der Waals surface area contributed by atoms with Crippen molar-refractivity contribution < 1.29 is 14.0 Å². The van der Waals surface area contributed by atoms with Crippen molar-refractivity contribution in [3.05, 3.63) is 0 Å². The monoisotopic (exact) mass is 365 g/mol. The number of aldehydes is 2. The molecule has 1 spiro atoms. The van der Waals surface area contributed by atoms with Crippen molar-refractivity contribution in [2.24, 2.45) is 23.2 Å². The van der Waals surface area contributed by atoms with Crippen molar-refractivity contribution in [1.82, 2.24) is 4.90 Å². The van der Waals surface area contributed by atoms with E-state index in [0.29, 0.717) is 12.6 Å². The van der Waals surface area contributed by atoms with Gasteiger partial charge in [-0.05, 0) is 50.4 Å². The highest BCUT2D eigenvalue weighted by molar-refractivity contribution is 6.74. The second kappa shape index (κ2) is 6.27. The van der Waals surface area contributed by atoms with Gasteiger partial charge in [0.1, 0.15) is 12.6 Å². The first-order chi connectivity index (χ1) is 11.6. The third-order valence-corrected chi connectivity index (χ3v) is 12.7. The van der Waals surface area contributed by atoms with E-state index in [2.05, 4.69) is 45.8 Å². The second-order valence-corrected chi connectivity index (χ2v) is 14.9. The molecule has 142 valence electrons. The van der Waals surface area contributed by atoms with Gasteiger partial charge < -0.3 is 14.0 Å². The molecule has 1 heterocycles. The minimum atomic E-state index is -1.83. The van der Waals surface area contributed by atoms with Crippen LogP contribution in [0.3, 0.4) is 0 Å². The molecule has 1 saturated heterocycles. The first-order valence-corrected chi connectivity index (χ1v) is 12.8. The highest BCUT2D eigenvalue weighted by Crippen LogP contribution is 2.65. The highest BCUT2D eigenvalue weighted by atomic mass is 28.4. The van der Waals surface area contributed by atoms with Gasteiger partial charge in [-0.25, -0.2) is 0 Å². The summed E-state index contributed by atoms with van der Waals surface area (Å²) in [5.41, 5.74) is 0.0174. The van der Waals surface area contributed by atoms with Crippen molar-refractivity contribution >= 4 is 20.9 Å². The number of carbonyl (C=O) groups excluding carboxylic acids is 2. The molecule has 2 aliphatic carbocycles. The lowest BCUT2D eigenvalue weighted by Gasteiger charge is -2.39. The molecule has 3 rings (SSSR count). The Labute approximate surface area is 153 Å². The first kappa shape index (κ1) is 19.2. The average Bonchev–Trinajstić information content (AvgIpc) is 3.14. The van der Waals surface area contributed by atoms with Crippen LogP contribution in [-0.2, 0) is 14.0 Å². The van der Waals surface area contributed by atoms with Crippen LogP contribution in [0.25, 0.3) is 0 Å². The Morgan fingerprint density at radius 3 is 2.48 bits per heavy atom. The summed E-state index contributed by atoms with van der Waals surface area (Å²) in [6.07, 6.45) is 6.45. The number of likely N-dealkylation sites (tertiary alicyclic amines) is 1. The van der Waals surface area contributed by atoms with Crippen molar-refractivity contribution in [1.29, 1.82) is 0 Å². The predicted molar refractivity (Wildman–Crippen MR) is 102 cm³/mol. The van der Waals surface area contributed by atoms with Crippen LogP contribution in [0.1, 0.15) is 46.5 Å². The van der Waals surface area contributed by atoms with E-state index in [1.165, 1.54) is 6.42 Å². The molecule has 6 atom stereocenters. The van der Waals surface area contributed by atoms with Crippen LogP contribution in [0.15, 0.2) is 0 Å². The second-order valence-electron chi connectivity index (χ2n) is 10.1. The molecule has 0 aromatic carbocycles. The van der Waals surface area contributed by atoms with Gasteiger partial charge in [-0.15, -0.1) is 0 Å². The van der Waals surface area contributed by atoms with Gasteiger partial charge >= 0.3 is 0 Å². The fourth-order valence-corrected chi connectivity index (χ4v) is 6.95. The molecule has 3 fully saturated rings. The van der Waals surface area contributed by atoms with E-state index in [1.807, 2.05) is 0 Å². The summed E-state index contributed by atoms with van der Waals surface area (Å²) in [5, 5.41) is 0.183. The Morgan fingerprint density at radius 1 is 1.24 bits per heavy atom. The number of nitrogens with zero attached hydrogens (tertiary/aromatic N) is 1. The molecular weight excluding hydrogens is 330 g/mol. The molecule has 5 unspecified atom stereocenters. The van der Waals surface area contributed by atoms with Gasteiger partial charge in [-0.2, -0.15) is 0 Å². The Bertz CT molecular complexity index is 544. The molecule has 5 heteroatoms. The number of likely N-dealkylation sites (N-methyl/N-ethyl adjacent to an activating group) is 1. The zero-order valence-electron chi connectivity index (χ0n) is 16.7. The van der Waals surface area contributed by atoms with Crippen molar-refractivity contribution in [3.8, 4) is 0 Å². The van der Waals surface area contributed by atoms with Crippen molar-refractivity contribution in [2.45, 2.75) is 76.7 Å². The number of hydrogen-bond acceptors (Lipinski definition) is 4. The van der Waals surface area contributed by atoms with Gasteiger partial charge in [-0.1, -0.05) is 27.2 Å². The average molecular weight is 366 g/mol. The van der Waals surface area contributed by atoms with Crippen LogP contribution in [0.4, 0.5) is 0 Å². The van der Waals surface area contributed by atoms with E-state index < -0.39 is 8.32 Å². The standard InChI is InChI=1S/C20H35NO3Si/c1-19(2,3)25(5,6)24-13-16-18-14(11-22)10-15(12-23)20(18)9-7-8-17(20)21(16)4/h11-12,14-18H,7-10,13H2,1-6H3/t14?,15?,16-,17?,18?,20?/m1/s1. The lowest BCUT2D eigenvalue weighted by molar-refractivity contribution is -0.114. The molecule has 0 amide bonds. The molecule has 0 N–H and O–H groups in total. The molecule has 0 bridgehead atoms. The normalized spacial score (nSPS) is 41.6. The van der Waals surface area contributed by atoms with Gasteiger partial charge in [0, 0.05) is 35.9 Å². The molecule has 0 radical (unpaired) electrons. The van der Waals surface area contributed by atoms with Crippen LogP contribution in [-0.4, -0.2) is 51.5 Å². The molecule has 1 aliphatic heterocycles. The van der Waals surface area contributed by atoms with E-state index in [-0.39, 0.29) is 34.2 Å². The summed E-state index contributed by atoms with van der Waals surface area (Å²) in [4.78, 5) is 26.2. The quantitative estimate of drug-likeness (QED) is 0.552. The Hall–Kier alpha value is -0.523.